The van der Waals surface area contributed by atoms with Crippen molar-refractivity contribution in [3.8, 4) is 6.07 Å². The molecule has 0 aliphatic carbocycles. The molecule has 29 heavy (non-hydrogen) atoms. The molecule has 0 atom stereocenters. The molecule has 1 N–H and O–H groups in total. The van der Waals surface area contributed by atoms with E-state index in [1.165, 1.54) is 18.2 Å². The summed E-state index contributed by atoms with van der Waals surface area (Å²) in [5, 5.41) is 19.5. The molecule has 0 aliphatic rings. The van der Waals surface area contributed by atoms with E-state index in [2.05, 4.69) is 11.6 Å². The normalized spacial score (nSPS) is 12.2. The molecule has 2 heterocycles. The predicted octanol–water partition coefficient (Wildman–Crippen LogP) is 5.82. The van der Waals surface area contributed by atoms with Crippen LogP contribution in [0.15, 0.2) is 60.6 Å². The van der Waals surface area contributed by atoms with Crippen LogP contribution in [0.25, 0.3) is 17.1 Å². The Morgan fingerprint density at radius 1 is 1.34 bits per heavy atom. The highest BCUT2D eigenvalue weighted by molar-refractivity contribution is 6.31. The van der Waals surface area contributed by atoms with Crippen LogP contribution in [0.4, 0.5) is 13.2 Å². The Labute approximate surface area is 169 Å². The van der Waals surface area contributed by atoms with Gasteiger partial charge in [0.2, 0.25) is 0 Å². The number of alkyl halides is 3. The number of nitrogens with zero attached hydrogens (tertiary/aromatic N) is 3. The van der Waals surface area contributed by atoms with Crippen LogP contribution >= 0.6 is 11.6 Å². The highest BCUT2D eigenvalue weighted by atomic mass is 35.5. The fraction of sp³-hybridized carbons (Fsp3) is 0.143. The number of hydrogen-bond acceptors (Lipinski definition) is 3. The number of allylic oxidation sites excluding steroid dienone is 1. The lowest BCUT2D eigenvalue weighted by Crippen LogP contribution is -2.12. The van der Waals surface area contributed by atoms with E-state index in [0.29, 0.717) is 23.3 Å². The molecule has 0 bridgehead atoms. The van der Waals surface area contributed by atoms with Crippen LogP contribution in [0.1, 0.15) is 16.7 Å². The summed E-state index contributed by atoms with van der Waals surface area (Å²) >= 11 is 6.04. The average Bonchev–Trinajstić information content (AvgIpc) is 2.98. The molecule has 3 rings (SSSR count). The molecule has 0 spiro atoms. The number of aromatic nitrogens is 2. The SMILES string of the molecule is C=C(O)/C(C#N)=C/c1cn(Cc2ccc(CC(F)(F)F)c(Cl)c2)c2ncccc12. The number of benzene rings is 1. The maximum Gasteiger partial charge on any atom is 0.393 e. The van der Waals surface area contributed by atoms with E-state index in [0.717, 1.165) is 5.39 Å². The number of pyridine rings is 1. The first-order chi connectivity index (χ1) is 13.7. The Bertz CT molecular complexity index is 1160. The first-order valence-electron chi connectivity index (χ1n) is 8.46. The van der Waals surface area contributed by atoms with Gasteiger partial charge in [-0.3, -0.25) is 0 Å². The van der Waals surface area contributed by atoms with Crippen LogP contribution in [0, 0.1) is 11.3 Å². The Morgan fingerprint density at radius 3 is 2.72 bits per heavy atom. The lowest BCUT2D eigenvalue weighted by molar-refractivity contribution is -0.127. The third-order valence-electron chi connectivity index (χ3n) is 4.26. The Hall–Kier alpha value is -3.24. The number of rotatable bonds is 5. The monoisotopic (exact) mass is 417 g/mol. The van der Waals surface area contributed by atoms with Gasteiger partial charge in [0.1, 0.15) is 17.5 Å². The van der Waals surface area contributed by atoms with Gasteiger partial charge in [0.05, 0.1) is 12.0 Å². The van der Waals surface area contributed by atoms with Crippen LogP contribution in [0.3, 0.4) is 0 Å². The molecule has 1 aromatic carbocycles. The molecule has 0 aliphatic heterocycles. The van der Waals surface area contributed by atoms with E-state index < -0.39 is 12.6 Å². The standard InChI is InChI=1S/C21H15ClF3N3O/c1-13(29)16(10-26)8-17-12-28(20-18(17)3-2-6-27-20)11-14-4-5-15(19(22)7-14)9-21(23,24)25/h2-8,12,29H,1,9,11H2/b16-8+. The van der Waals surface area contributed by atoms with Crippen LogP contribution < -0.4 is 0 Å². The van der Waals surface area contributed by atoms with Gasteiger partial charge < -0.3 is 9.67 Å². The maximum atomic E-state index is 12.6. The fourth-order valence-corrected chi connectivity index (χ4v) is 3.24. The van der Waals surface area contributed by atoms with Crippen molar-refractivity contribution in [1.29, 1.82) is 5.26 Å². The second-order valence-electron chi connectivity index (χ2n) is 6.42. The van der Waals surface area contributed by atoms with Gasteiger partial charge in [-0.2, -0.15) is 18.4 Å². The Balaban J connectivity index is 1.98. The lowest BCUT2D eigenvalue weighted by atomic mass is 10.1. The molecule has 2 aromatic heterocycles. The molecule has 0 unspecified atom stereocenters. The summed E-state index contributed by atoms with van der Waals surface area (Å²) in [6.45, 7) is 3.68. The summed E-state index contributed by atoms with van der Waals surface area (Å²) in [5.41, 5.74) is 2.01. The summed E-state index contributed by atoms with van der Waals surface area (Å²) < 4.78 is 39.6. The lowest BCUT2D eigenvalue weighted by Gasteiger charge is -2.10. The number of nitriles is 1. The van der Waals surface area contributed by atoms with Crippen LogP contribution in [0.2, 0.25) is 5.02 Å². The van der Waals surface area contributed by atoms with Gasteiger partial charge in [-0.1, -0.05) is 30.3 Å². The van der Waals surface area contributed by atoms with E-state index in [-0.39, 0.29) is 21.9 Å². The molecule has 0 fully saturated rings. The van der Waals surface area contributed by atoms with Crippen molar-refractivity contribution in [3.05, 3.63) is 82.3 Å². The summed E-state index contributed by atoms with van der Waals surface area (Å²) in [6.07, 6.45) is -0.557. The van der Waals surface area contributed by atoms with Gasteiger partial charge in [-0.05, 0) is 35.4 Å². The molecule has 4 nitrogen and oxygen atoms in total. The molecule has 0 saturated heterocycles. The van der Waals surface area contributed by atoms with Crippen LogP contribution in [-0.4, -0.2) is 20.8 Å². The Kier molecular flexibility index (Phi) is 5.66. The van der Waals surface area contributed by atoms with Crippen LogP contribution in [0.5, 0.6) is 0 Å². The minimum atomic E-state index is -4.33. The zero-order chi connectivity index (χ0) is 21.2. The first-order valence-corrected chi connectivity index (χ1v) is 8.83. The number of halogens is 4. The van der Waals surface area contributed by atoms with Gasteiger partial charge in [0.15, 0.2) is 0 Å². The molecule has 3 aromatic rings. The highest BCUT2D eigenvalue weighted by Crippen LogP contribution is 2.28. The smallest absolute Gasteiger partial charge is 0.393 e. The first kappa shape index (κ1) is 20.5. The summed E-state index contributed by atoms with van der Waals surface area (Å²) in [5.74, 6) is -0.343. The van der Waals surface area contributed by atoms with Crippen molar-refractivity contribution in [1.82, 2.24) is 9.55 Å². The van der Waals surface area contributed by atoms with Crippen molar-refractivity contribution in [3.63, 3.8) is 0 Å². The molecular weight excluding hydrogens is 403 g/mol. The largest absolute Gasteiger partial charge is 0.507 e. The number of aliphatic hydroxyl groups excluding tert-OH is 1. The molecule has 148 valence electrons. The van der Waals surface area contributed by atoms with Gasteiger partial charge in [-0.15, -0.1) is 0 Å². The maximum absolute atomic E-state index is 12.6. The third-order valence-corrected chi connectivity index (χ3v) is 4.61. The zero-order valence-electron chi connectivity index (χ0n) is 15.0. The predicted molar refractivity (Wildman–Crippen MR) is 105 cm³/mol. The quantitative estimate of drug-likeness (QED) is 0.323. The van der Waals surface area contributed by atoms with Crippen molar-refractivity contribution >= 4 is 28.7 Å². The number of aliphatic hydroxyl groups is 1. The van der Waals surface area contributed by atoms with E-state index in [1.54, 1.807) is 29.1 Å². The van der Waals surface area contributed by atoms with E-state index in [1.807, 2.05) is 12.1 Å². The van der Waals surface area contributed by atoms with Gasteiger partial charge >= 0.3 is 6.18 Å². The summed E-state index contributed by atoms with van der Waals surface area (Å²) in [4.78, 5) is 4.35. The second kappa shape index (κ2) is 8.02. The molecule has 0 saturated carbocycles. The number of fused-ring (bicyclic) bond motifs is 1. The molecular formula is C21H15ClF3N3O. The van der Waals surface area contributed by atoms with Gasteiger partial charge in [0.25, 0.3) is 0 Å². The van der Waals surface area contributed by atoms with Crippen molar-refractivity contribution in [2.45, 2.75) is 19.1 Å². The number of hydrogen-bond donors (Lipinski definition) is 1. The minimum Gasteiger partial charge on any atom is -0.507 e. The fourth-order valence-electron chi connectivity index (χ4n) is 2.97. The topological polar surface area (TPSA) is 61.8 Å². The zero-order valence-corrected chi connectivity index (χ0v) is 15.8. The van der Waals surface area contributed by atoms with Crippen molar-refractivity contribution in [2.24, 2.45) is 0 Å². The van der Waals surface area contributed by atoms with E-state index >= 15 is 0 Å². The van der Waals surface area contributed by atoms with Crippen molar-refractivity contribution < 1.29 is 18.3 Å². The van der Waals surface area contributed by atoms with E-state index in [9.17, 15) is 18.3 Å². The van der Waals surface area contributed by atoms with E-state index in [4.69, 9.17) is 16.9 Å². The second-order valence-corrected chi connectivity index (χ2v) is 6.83. The Morgan fingerprint density at radius 2 is 2.10 bits per heavy atom. The highest BCUT2D eigenvalue weighted by Gasteiger charge is 2.28. The minimum absolute atomic E-state index is 0.0159. The average molecular weight is 418 g/mol. The summed E-state index contributed by atoms with van der Waals surface area (Å²) in [7, 11) is 0. The van der Waals surface area contributed by atoms with Crippen LogP contribution in [-0.2, 0) is 13.0 Å². The van der Waals surface area contributed by atoms with Gasteiger partial charge in [0, 0.05) is 34.9 Å². The molecule has 8 heteroatoms. The molecule has 0 amide bonds. The van der Waals surface area contributed by atoms with Crippen molar-refractivity contribution in [2.75, 3.05) is 0 Å². The van der Waals surface area contributed by atoms with Gasteiger partial charge in [-0.25, -0.2) is 4.98 Å². The summed E-state index contributed by atoms with van der Waals surface area (Å²) in [6, 6.07) is 9.90. The third kappa shape index (κ3) is 4.79. The molecule has 0 radical (unpaired) electrons.